The van der Waals surface area contributed by atoms with Gasteiger partial charge in [0.1, 0.15) is 11.1 Å². The van der Waals surface area contributed by atoms with Crippen LogP contribution in [0.25, 0.3) is 10.8 Å². The SMILES string of the molecule is N#Cc1c(NC(=S)NC(=O)c2cccc3ccccc23)sc2c1CCCC2. The van der Waals surface area contributed by atoms with E-state index in [-0.39, 0.29) is 11.0 Å². The minimum absolute atomic E-state index is 0.211. The van der Waals surface area contributed by atoms with E-state index < -0.39 is 0 Å². The minimum atomic E-state index is -0.260. The van der Waals surface area contributed by atoms with Gasteiger partial charge in [0, 0.05) is 10.4 Å². The number of hydrogen-bond acceptors (Lipinski definition) is 4. The molecule has 134 valence electrons. The molecular formula is C21H17N3OS2. The Morgan fingerprint density at radius 2 is 1.89 bits per heavy atom. The molecule has 2 N–H and O–H groups in total. The maximum atomic E-state index is 12.7. The van der Waals surface area contributed by atoms with Crippen molar-refractivity contribution in [2.24, 2.45) is 0 Å². The van der Waals surface area contributed by atoms with Crippen molar-refractivity contribution in [1.82, 2.24) is 5.32 Å². The summed E-state index contributed by atoms with van der Waals surface area (Å²) < 4.78 is 0. The van der Waals surface area contributed by atoms with Crippen molar-refractivity contribution >= 4 is 50.3 Å². The first-order valence-electron chi connectivity index (χ1n) is 8.82. The van der Waals surface area contributed by atoms with Crippen LogP contribution >= 0.6 is 23.6 Å². The molecule has 0 atom stereocenters. The van der Waals surface area contributed by atoms with Crippen LogP contribution in [0, 0.1) is 11.3 Å². The number of amides is 1. The fraction of sp³-hybridized carbons (Fsp3) is 0.190. The van der Waals surface area contributed by atoms with Gasteiger partial charge in [-0.1, -0.05) is 36.4 Å². The molecule has 4 nitrogen and oxygen atoms in total. The first kappa shape index (κ1) is 17.7. The van der Waals surface area contributed by atoms with Crippen molar-refractivity contribution in [3.8, 4) is 6.07 Å². The number of nitriles is 1. The van der Waals surface area contributed by atoms with Gasteiger partial charge < -0.3 is 5.32 Å². The first-order chi connectivity index (χ1) is 13.2. The molecule has 1 aromatic heterocycles. The smallest absolute Gasteiger partial charge is 0.258 e. The normalized spacial score (nSPS) is 12.9. The number of fused-ring (bicyclic) bond motifs is 2. The van der Waals surface area contributed by atoms with Crippen LogP contribution < -0.4 is 10.6 Å². The van der Waals surface area contributed by atoms with E-state index in [4.69, 9.17) is 12.2 Å². The summed E-state index contributed by atoms with van der Waals surface area (Å²) in [4.78, 5) is 14.0. The predicted octanol–water partition coefficient (Wildman–Crippen LogP) is 4.78. The van der Waals surface area contributed by atoms with Gasteiger partial charge in [-0.2, -0.15) is 5.26 Å². The van der Waals surface area contributed by atoms with E-state index in [0.717, 1.165) is 47.0 Å². The van der Waals surface area contributed by atoms with E-state index in [0.29, 0.717) is 11.1 Å². The maximum Gasteiger partial charge on any atom is 0.258 e. The lowest BCUT2D eigenvalue weighted by Gasteiger charge is -2.10. The van der Waals surface area contributed by atoms with Gasteiger partial charge in [0.05, 0.1) is 5.56 Å². The van der Waals surface area contributed by atoms with Gasteiger partial charge in [-0.15, -0.1) is 11.3 Å². The molecule has 1 amide bonds. The Hall–Kier alpha value is -2.75. The summed E-state index contributed by atoms with van der Waals surface area (Å²) in [6.45, 7) is 0. The van der Waals surface area contributed by atoms with Gasteiger partial charge in [-0.3, -0.25) is 10.1 Å². The van der Waals surface area contributed by atoms with Crippen LogP contribution in [0.5, 0.6) is 0 Å². The number of nitrogens with zero attached hydrogens (tertiary/aromatic N) is 1. The highest BCUT2D eigenvalue weighted by Crippen LogP contribution is 2.37. The van der Waals surface area contributed by atoms with Crippen LogP contribution in [0.3, 0.4) is 0 Å². The fourth-order valence-electron chi connectivity index (χ4n) is 3.50. The van der Waals surface area contributed by atoms with Gasteiger partial charge in [-0.05, 0) is 60.3 Å². The van der Waals surface area contributed by atoms with Crippen molar-refractivity contribution < 1.29 is 4.79 Å². The van der Waals surface area contributed by atoms with E-state index in [1.807, 2.05) is 36.4 Å². The quantitative estimate of drug-likeness (QED) is 0.617. The van der Waals surface area contributed by atoms with Crippen LogP contribution in [-0.4, -0.2) is 11.0 Å². The van der Waals surface area contributed by atoms with Gasteiger partial charge >= 0.3 is 0 Å². The van der Waals surface area contributed by atoms with E-state index in [9.17, 15) is 10.1 Å². The Balaban J connectivity index is 1.54. The van der Waals surface area contributed by atoms with Crippen molar-refractivity contribution in [2.75, 3.05) is 5.32 Å². The monoisotopic (exact) mass is 391 g/mol. The summed E-state index contributed by atoms with van der Waals surface area (Å²) in [6, 6.07) is 15.6. The number of hydrogen-bond donors (Lipinski definition) is 2. The molecule has 0 bridgehead atoms. The number of anilines is 1. The summed E-state index contributed by atoms with van der Waals surface area (Å²) in [7, 11) is 0. The predicted molar refractivity (Wildman–Crippen MR) is 113 cm³/mol. The van der Waals surface area contributed by atoms with E-state index in [1.54, 1.807) is 17.4 Å². The Morgan fingerprint density at radius 1 is 1.11 bits per heavy atom. The largest absolute Gasteiger partial charge is 0.323 e. The molecule has 0 aliphatic heterocycles. The molecule has 1 aliphatic carbocycles. The number of aryl methyl sites for hydroxylation is 1. The number of rotatable bonds is 2. The molecule has 3 aromatic rings. The molecule has 0 saturated carbocycles. The van der Waals surface area contributed by atoms with Gasteiger partial charge in [-0.25, -0.2) is 0 Å². The second-order valence-electron chi connectivity index (χ2n) is 6.46. The molecule has 27 heavy (non-hydrogen) atoms. The third kappa shape index (κ3) is 3.44. The Labute approximate surface area is 166 Å². The molecule has 1 aliphatic rings. The molecule has 0 fully saturated rings. The summed E-state index contributed by atoms with van der Waals surface area (Å²) in [5.41, 5.74) is 2.37. The average Bonchev–Trinajstić information content (AvgIpc) is 3.04. The van der Waals surface area contributed by atoms with E-state index in [1.165, 1.54) is 4.88 Å². The summed E-state index contributed by atoms with van der Waals surface area (Å²) in [5, 5.41) is 18.2. The molecule has 0 unspecified atom stereocenters. The standard InChI is InChI=1S/C21H17N3OS2/c22-12-17-15-9-3-4-11-18(15)27-20(17)24-21(26)23-19(25)16-10-5-7-13-6-1-2-8-14(13)16/h1-2,5-8,10H,3-4,9,11H2,(H2,23,24,25,26). The molecular weight excluding hydrogens is 374 g/mol. The molecule has 0 saturated heterocycles. The lowest BCUT2D eigenvalue weighted by molar-refractivity contribution is 0.0979. The molecule has 1 heterocycles. The van der Waals surface area contributed by atoms with Crippen LogP contribution in [-0.2, 0) is 12.8 Å². The molecule has 2 aromatic carbocycles. The Morgan fingerprint density at radius 3 is 2.74 bits per heavy atom. The molecule has 0 spiro atoms. The van der Waals surface area contributed by atoms with Gasteiger partial charge in [0.15, 0.2) is 5.11 Å². The second-order valence-corrected chi connectivity index (χ2v) is 7.98. The topological polar surface area (TPSA) is 64.9 Å². The second kappa shape index (κ2) is 7.47. The zero-order valence-electron chi connectivity index (χ0n) is 14.5. The van der Waals surface area contributed by atoms with Crippen LogP contribution in [0.1, 0.15) is 39.2 Å². The average molecular weight is 392 g/mol. The Bertz CT molecular complexity index is 1090. The first-order valence-corrected chi connectivity index (χ1v) is 10.0. The van der Waals surface area contributed by atoms with Crippen molar-refractivity contribution in [3.05, 3.63) is 64.0 Å². The van der Waals surface area contributed by atoms with Crippen LogP contribution in [0.15, 0.2) is 42.5 Å². The number of carbonyl (C=O) groups excluding carboxylic acids is 1. The highest BCUT2D eigenvalue weighted by atomic mass is 32.1. The molecule has 6 heteroatoms. The van der Waals surface area contributed by atoms with E-state index >= 15 is 0 Å². The maximum absolute atomic E-state index is 12.7. The van der Waals surface area contributed by atoms with Crippen molar-refractivity contribution in [3.63, 3.8) is 0 Å². The van der Waals surface area contributed by atoms with Gasteiger partial charge in [0.2, 0.25) is 0 Å². The van der Waals surface area contributed by atoms with E-state index in [2.05, 4.69) is 16.7 Å². The highest BCUT2D eigenvalue weighted by Gasteiger charge is 2.21. The lowest BCUT2D eigenvalue weighted by Crippen LogP contribution is -2.34. The summed E-state index contributed by atoms with van der Waals surface area (Å²) in [6.07, 6.45) is 4.21. The van der Waals surface area contributed by atoms with Crippen molar-refractivity contribution in [1.29, 1.82) is 5.26 Å². The lowest BCUT2D eigenvalue weighted by atomic mass is 9.96. The number of nitrogens with one attached hydrogen (secondary N) is 2. The third-order valence-corrected chi connectivity index (χ3v) is 6.18. The van der Waals surface area contributed by atoms with Crippen LogP contribution in [0.2, 0.25) is 0 Å². The molecule has 0 radical (unpaired) electrons. The van der Waals surface area contributed by atoms with Crippen LogP contribution in [0.4, 0.5) is 5.00 Å². The third-order valence-electron chi connectivity index (χ3n) is 4.77. The molecule has 4 rings (SSSR count). The zero-order chi connectivity index (χ0) is 18.8. The number of carbonyl (C=O) groups is 1. The minimum Gasteiger partial charge on any atom is -0.323 e. The summed E-state index contributed by atoms with van der Waals surface area (Å²) >= 11 is 6.91. The number of benzene rings is 2. The zero-order valence-corrected chi connectivity index (χ0v) is 16.2. The van der Waals surface area contributed by atoms with Gasteiger partial charge in [0.25, 0.3) is 5.91 Å². The highest BCUT2D eigenvalue weighted by molar-refractivity contribution is 7.80. The Kier molecular flexibility index (Phi) is 4.88. The number of thiophene rings is 1. The van der Waals surface area contributed by atoms with Crippen molar-refractivity contribution in [2.45, 2.75) is 25.7 Å². The summed E-state index contributed by atoms with van der Waals surface area (Å²) in [5.74, 6) is -0.260. The fourth-order valence-corrected chi connectivity index (χ4v) is 5.00. The number of thiocarbonyl (C=S) groups is 1.